The Morgan fingerprint density at radius 2 is 2.44 bits per heavy atom. The van der Waals surface area contributed by atoms with E-state index in [-0.39, 0.29) is 19.0 Å². The van der Waals surface area contributed by atoms with Crippen molar-refractivity contribution in [3.63, 3.8) is 0 Å². The van der Waals surface area contributed by atoms with Crippen LogP contribution in [0.15, 0.2) is 4.99 Å². The number of halogens is 1. The first-order valence-electron chi connectivity index (χ1n) is 2.81. The molecular formula is C5H11ClN2O. The summed E-state index contributed by atoms with van der Waals surface area (Å²) in [6.07, 6.45) is 1.09. The molecule has 0 aromatic rings. The molecule has 0 radical (unpaired) electrons. The normalized spacial score (nSPS) is 17.2. The van der Waals surface area contributed by atoms with Crippen LogP contribution in [-0.4, -0.2) is 30.6 Å². The lowest BCUT2D eigenvalue weighted by Gasteiger charge is -2.11. The van der Waals surface area contributed by atoms with Crippen molar-refractivity contribution in [2.24, 2.45) is 4.99 Å². The average Bonchev–Trinajstić information content (AvgIpc) is 1.90. The van der Waals surface area contributed by atoms with Gasteiger partial charge in [0.15, 0.2) is 0 Å². The summed E-state index contributed by atoms with van der Waals surface area (Å²) in [6.45, 7) is 1.88. The highest BCUT2D eigenvalue weighted by Crippen LogP contribution is 1.86. The predicted octanol–water partition coefficient (Wildman–Crippen LogP) is -0.208. The number of aliphatic hydroxyl groups excluding tert-OH is 1. The number of rotatable bonds is 1. The molecule has 0 aliphatic carbocycles. The molecule has 0 aromatic carbocycles. The Kier molecular flexibility index (Phi) is 4.44. The minimum atomic E-state index is 0. The van der Waals surface area contributed by atoms with E-state index in [1.165, 1.54) is 0 Å². The summed E-state index contributed by atoms with van der Waals surface area (Å²) in [5, 5.41) is 11.5. The number of hydrogen-bond acceptors (Lipinski definition) is 3. The predicted molar refractivity (Wildman–Crippen MR) is 39.3 cm³/mol. The van der Waals surface area contributed by atoms with E-state index < -0.39 is 0 Å². The van der Waals surface area contributed by atoms with Crippen LogP contribution in [0, 0.1) is 0 Å². The first kappa shape index (κ1) is 8.72. The van der Waals surface area contributed by atoms with Crippen molar-refractivity contribution in [3.05, 3.63) is 0 Å². The largest absolute Gasteiger partial charge is 0.388 e. The Morgan fingerprint density at radius 3 is 2.78 bits per heavy atom. The minimum Gasteiger partial charge on any atom is -0.388 e. The molecule has 0 spiro atoms. The van der Waals surface area contributed by atoms with Crippen LogP contribution in [0.3, 0.4) is 0 Å². The summed E-state index contributed by atoms with van der Waals surface area (Å²) in [4.78, 5) is 4.00. The molecule has 9 heavy (non-hydrogen) atoms. The fourth-order valence-electron chi connectivity index (χ4n) is 0.688. The van der Waals surface area contributed by atoms with E-state index in [1.807, 2.05) is 0 Å². The second-order valence-corrected chi connectivity index (χ2v) is 1.77. The van der Waals surface area contributed by atoms with Crippen LogP contribution < -0.4 is 5.32 Å². The van der Waals surface area contributed by atoms with Crippen LogP contribution in [0.5, 0.6) is 0 Å². The zero-order valence-corrected chi connectivity index (χ0v) is 5.95. The van der Waals surface area contributed by atoms with E-state index in [9.17, 15) is 0 Å². The molecular weight excluding hydrogens is 140 g/mol. The first-order valence-corrected chi connectivity index (χ1v) is 2.81. The third-order valence-corrected chi connectivity index (χ3v) is 1.12. The minimum absolute atomic E-state index is 0. The molecule has 3 nitrogen and oxygen atoms in total. The molecule has 1 rings (SSSR count). The van der Waals surface area contributed by atoms with Gasteiger partial charge in [-0.05, 0) is 6.42 Å². The van der Waals surface area contributed by atoms with Gasteiger partial charge in [0.2, 0.25) is 0 Å². The van der Waals surface area contributed by atoms with E-state index >= 15 is 0 Å². The molecule has 4 heteroatoms. The topological polar surface area (TPSA) is 44.6 Å². The Morgan fingerprint density at radius 1 is 1.67 bits per heavy atom. The lowest BCUT2D eigenvalue weighted by molar-refractivity contribution is 0.350. The van der Waals surface area contributed by atoms with Gasteiger partial charge >= 0.3 is 0 Å². The zero-order valence-electron chi connectivity index (χ0n) is 5.13. The molecule has 1 heterocycles. The van der Waals surface area contributed by atoms with Crippen LogP contribution in [0.2, 0.25) is 0 Å². The highest BCUT2D eigenvalue weighted by atomic mass is 35.5. The molecule has 0 aromatic heterocycles. The maximum absolute atomic E-state index is 8.50. The zero-order chi connectivity index (χ0) is 5.82. The number of amidine groups is 1. The molecule has 0 amide bonds. The molecule has 1 aliphatic rings. The van der Waals surface area contributed by atoms with Crippen molar-refractivity contribution in [2.75, 3.05) is 19.7 Å². The number of aliphatic hydroxyl groups is 1. The summed E-state index contributed by atoms with van der Waals surface area (Å²) < 4.78 is 0. The van der Waals surface area contributed by atoms with Gasteiger partial charge in [-0.15, -0.1) is 12.4 Å². The molecule has 0 saturated heterocycles. The van der Waals surface area contributed by atoms with E-state index in [2.05, 4.69) is 10.3 Å². The Balaban J connectivity index is 0.000000640. The maximum atomic E-state index is 8.50. The number of nitrogens with zero attached hydrogens (tertiary/aromatic N) is 1. The highest BCUT2D eigenvalue weighted by molar-refractivity contribution is 5.85. The van der Waals surface area contributed by atoms with E-state index in [1.54, 1.807) is 0 Å². The summed E-state index contributed by atoms with van der Waals surface area (Å²) in [6, 6.07) is 0. The second kappa shape index (κ2) is 4.58. The fraction of sp³-hybridized carbons (Fsp3) is 0.800. The summed E-state index contributed by atoms with van der Waals surface area (Å²) in [5.74, 6) is 0.733. The number of aliphatic imine (C=N–C) groups is 1. The van der Waals surface area contributed by atoms with Crippen LogP contribution in [0.1, 0.15) is 6.42 Å². The smallest absolute Gasteiger partial charge is 0.122 e. The van der Waals surface area contributed by atoms with Gasteiger partial charge in [0.05, 0.1) is 0 Å². The Bertz CT molecular complexity index is 105. The quantitative estimate of drug-likeness (QED) is 0.544. The van der Waals surface area contributed by atoms with E-state index in [0.29, 0.717) is 0 Å². The third kappa shape index (κ3) is 2.67. The van der Waals surface area contributed by atoms with Gasteiger partial charge in [-0.25, -0.2) is 0 Å². The standard InChI is InChI=1S/C5H10N2O.ClH/c8-4-5-6-2-1-3-7-5;/h8H,1-4H2,(H,6,7);1H. The molecule has 0 bridgehead atoms. The van der Waals surface area contributed by atoms with E-state index in [4.69, 9.17) is 5.11 Å². The Labute approximate surface area is 60.6 Å². The van der Waals surface area contributed by atoms with Crippen LogP contribution in [-0.2, 0) is 0 Å². The first-order chi connectivity index (χ1) is 3.93. The third-order valence-electron chi connectivity index (χ3n) is 1.12. The molecule has 0 fully saturated rings. The van der Waals surface area contributed by atoms with Gasteiger partial charge in [-0.1, -0.05) is 0 Å². The van der Waals surface area contributed by atoms with Gasteiger partial charge in [0, 0.05) is 13.1 Å². The summed E-state index contributed by atoms with van der Waals surface area (Å²) >= 11 is 0. The Hall–Kier alpha value is -0.280. The van der Waals surface area contributed by atoms with Crippen LogP contribution >= 0.6 is 12.4 Å². The van der Waals surface area contributed by atoms with Gasteiger partial charge in [0.25, 0.3) is 0 Å². The van der Waals surface area contributed by atoms with Gasteiger partial charge in [-0.2, -0.15) is 0 Å². The fourth-order valence-corrected chi connectivity index (χ4v) is 0.688. The highest BCUT2D eigenvalue weighted by Gasteiger charge is 1.99. The lowest BCUT2D eigenvalue weighted by atomic mass is 10.3. The second-order valence-electron chi connectivity index (χ2n) is 1.77. The van der Waals surface area contributed by atoms with Crippen molar-refractivity contribution in [1.82, 2.24) is 5.32 Å². The lowest BCUT2D eigenvalue weighted by Crippen LogP contribution is -2.31. The number of nitrogens with one attached hydrogen (secondary N) is 1. The van der Waals surface area contributed by atoms with Crippen molar-refractivity contribution in [1.29, 1.82) is 0 Å². The molecule has 0 atom stereocenters. The molecule has 0 saturated carbocycles. The average molecular weight is 151 g/mol. The maximum Gasteiger partial charge on any atom is 0.122 e. The van der Waals surface area contributed by atoms with Gasteiger partial charge < -0.3 is 10.4 Å². The van der Waals surface area contributed by atoms with Crippen LogP contribution in [0.4, 0.5) is 0 Å². The van der Waals surface area contributed by atoms with E-state index in [0.717, 1.165) is 25.3 Å². The SMILES string of the molecule is Cl.OCC1=NCCCN1. The summed E-state index contributed by atoms with van der Waals surface area (Å²) in [7, 11) is 0. The van der Waals surface area contributed by atoms with Crippen molar-refractivity contribution in [2.45, 2.75) is 6.42 Å². The summed E-state index contributed by atoms with van der Waals surface area (Å²) in [5.41, 5.74) is 0. The van der Waals surface area contributed by atoms with Crippen molar-refractivity contribution in [3.8, 4) is 0 Å². The number of hydrogen-bond donors (Lipinski definition) is 2. The monoisotopic (exact) mass is 150 g/mol. The molecule has 2 N–H and O–H groups in total. The van der Waals surface area contributed by atoms with Crippen molar-refractivity contribution < 1.29 is 5.11 Å². The molecule has 54 valence electrons. The van der Waals surface area contributed by atoms with Crippen LogP contribution in [0.25, 0.3) is 0 Å². The van der Waals surface area contributed by atoms with Gasteiger partial charge in [0.1, 0.15) is 12.4 Å². The molecule has 1 aliphatic heterocycles. The molecule has 0 unspecified atom stereocenters. The van der Waals surface area contributed by atoms with Gasteiger partial charge in [-0.3, -0.25) is 4.99 Å². The van der Waals surface area contributed by atoms with Crippen molar-refractivity contribution >= 4 is 18.2 Å².